The number of nitrogens with zero attached hydrogens (tertiary/aromatic N) is 2. The molecule has 5 heteroatoms. The van der Waals surface area contributed by atoms with Crippen molar-refractivity contribution in [2.24, 2.45) is 9.98 Å². The molecule has 0 fully saturated rings. The van der Waals surface area contributed by atoms with Crippen LogP contribution in [0.25, 0.3) is 0 Å². The molecule has 21 heavy (non-hydrogen) atoms. The summed E-state index contributed by atoms with van der Waals surface area (Å²) in [6.07, 6.45) is 6.09. The van der Waals surface area contributed by atoms with Crippen LogP contribution in [0.4, 0.5) is 0 Å². The molecule has 0 aliphatic heterocycles. The molecule has 0 saturated carbocycles. The van der Waals surface area contributed by atoms with Gasteiger partial charge < -0.3 is 10.2 Å². The summed E-state index contributed by atoms with van der Waals surface area (Å²) in [4.78, 5) is 8.03. The third-order valence-corrected chi connectivity index (χ3v) is 2.54. The zero-order valence-corrected chi connectivity index (χ0v) is 10.7. The molecular formula is C16H16MgN2O2. The lowest BCUT2D eigenvalue weighted by Gasteiger charge is -1.95. The molecule has 0 aliphatic rings. The number of aromatic hydroxyl groups is 2. The van der Waals surface area contributed by atoms with Gasteiger partial charge in [-0.3, -0.25) is 9.98 Å². The maximum atomic E-state index is 9.52. The number of aliphatic imine (C=N–C) groups is 2. The first-order valence-electron chi connectivity index (χ1n) is 6.05. The van der Waals surface area contributed by atoms with E-state index in [1.165, 1.54) is 12.4 Å². The van der Waals surface area contributed by atoms with E-state index in [9.17, 15) is 10.2 Å². The van der Waals surface area contributed by atoms with Gasteiger partial charge in [0.25, 0.3) is 0 Å². The smallest absolute Gasteiger partial charge is 0.316 e. The highest BCUT2D eigenvalue weighted by Crippen LogP contribution is 2.13. The molecule has 0 bridgehead atoms. The Morgan fingerprint density at radius 3 is 1.43 bits per heavy atom. The fourth-order valence-corrected chi connectivity index (χ4v) is 1.52. The molecule has 0 aliphatic carbocycles. The summed E-state index contributed by atoms with van der Waals surface area (Å²) in [7, 11) is 0. The minimum atomic E-state index is 0. The topological polar surface area (TPSA) is 65.2 Å². The van der Waals surface area contributed by atoms with E-state index in [1.54, 1.807) is 48.8 Å². The molecule has 2 aromatic rings. The van der Waals surface area contributed by atoms with Crippen molar-refractivity contribution in [3.8, 4) is 11.5 Å². The van der Waals surface area contributed by atoms with Gasteiger partial charge >= 0.3 is 23.1 Å². The first-order valence-corrected chi connectivity index (χ1v) is 6.05. The molecule has 0 unspecified atom stereocenters. The Labute approximate surface area is 139 Å². The Kier molecular flexibility index (Phi) is 7.21. The minimum absolute atomic E-state index is 0. The Balaban J connectivity index is 0.00000220. The third kappa shape index (κ3) is 5.41. The van der Waals surface area contributed by atoms with E-state index >= 15 is 0 Å². The van der Waals surface area contributed by atoms with Crippen molar-refractivity contribution in [3.05, 3.63) is 72.1 Å². The maximum absolute atomic E-state index is 9.52. The van der Waals surface area contributed by atoms with Gasteiger partial charge in [0.2, 0.25) is 0 Å². The van der Waals surface area contributed by atoms with E-state index in [0.29, 0.717) is 11.1 Å². The van der Waals surface area contributed by atoms with Crippen molar-refractivity contribution < 1.29 is 10.2 Å². The van der Waals surface area contributed by atoms with Gasteiger partial charge in [-0.05, 0) is 24.3 Å². The number of hydrogen-bond acceptors (Lipinski definition) is 4. The van der Waals surface area contributed by atoms with E-state index in [2.05, 4.69) is 9.98 Å². The second kappa shape index (κ2) is 8.94. The number of benzene rings is 2. The van der Waals surface area contributed by atoms with Crippen LogP contribution < -0.4 is 0 Å². The maximum Gasteiger partial charge on any atom is 0.316 e. The van der Waals surface area contributed by atoms with Gasteiger partial charge in [0.15, 0.2) is 0 Å². The predicted octanol–water partition coefficient (Wildman–Crippen LogP) is 2.19. The van der Waals surface area contributed by atoms with Gasteiger partial charge in [0.05, 0.1) is 0 Å². The van der Waals surface area contributed by atoms with E-state index < -0.39 is 0 Å². The lowest BCUT2D eigenvalue weighted by atomic mass is 10.2. The van der Waals surface area contributed by atoms with Crippen LogP contribution in [0, 0.1) is 0 Å². The molecule has 0 amide bonds. The van der Waals surface area contributed by atoms with Crippen LogP contribution in [0.15, 0.2) is 70.9 Å². The molecule has 0 spiro atoms. The van der Waals surface area contributed by atoms with Crippen molar-refractivity contribution >= 4 is 35.5 Å². The van der Waals surface area contributed by atoms with E-state index in [4.69, 9.17) is 0 Å². The van der Waals surface area contributed by atoms with Crippen LogP contribution in [0.5, 0.6) is 11.5 Å². The van der Waals surface area contributed by atoms with Gasteiger partial charge in [-0.15, -0.1) is 0 Å². The molecule has 0 radical (unpaired) electrons. The highest BCUT2D eigenvalue weighted by atomic mass is 24.3. The number of phenols is 2. The van der Waals surface area contributed by atoms with Crippen LogP contribution in [0.3, 0.4) is 0 Å². The summed E-state index contributed by atoms with van der Waals surface area (Å²) in [6, 6.07) is 13.9. The van der Waals surface area contributed by atoms with Gasteiger partial charge in [0, 0.05) is 36.0 Å². The third-order valence-electron chi connectivity index (χ3n) is 2.54. The molecule has 2 rings (SSSR count). The Hall–Kier alpha value is -2.11. The molecule has 0 aromatic heterocycles. The molecule has 4 nitrogen and oxygen atoms in total. The number of rotatable bonds is 4. The number of para-hydroxylation sites is 2. The van der Waals surface area contributed by atoms with Crippen LogP contribution in [0.2, 0.25) is 0 Å². The van der Waals surface area contributed by atoms with Crippen molar-refractivity contribution in [2.45, 2.75) is 0 Å². The molecule has 2 aromatic carbocycles. The van der Waals surface area contributed by atoms with Crippen LogP contribution >= 0.6 is 0 Å². The molecular weight excluding hydrogens is 276 g/mol. The van der Waals surface area contributed by atoms with Crippen LogP contribution in [-0.4, -0.2) is 45.7 Å². The average molecular weight is 293 g/mol. The summed E-state index contributed by atoms with van der Waals surface area (Å²) < 4.78 is 0. The van der Waals surface area contributed by atoms with Crippen molar-refractivity contribution in [2.75, 3.05) is 0 Å². The van der Waals surface area contributed by atoms with Gasteiger partial charge in [0.1, 0.15) is 11.5 Å². The second-order valence-electron chi connectivity index (χ2n) is 3.97. The first-order chi connectivity index (χ1) is 9.77. The predicted molar refractivity (Wildman–Crippen MR) is 89.1 cm³/mol. The highest BCUT2D eigenvalue weighted by Gasteiger charge is 1.93. The zero-order chi connectivity index (χ0) is 14.2. The molecule has 0 saturated heterocycles. The average Bonchev–Trinajstić information content (AvgIpc) is 2.46. The highest BCUT2D eigenvalue weighted by molar-refractivity contribution is 5.84. The van der Waals surface area contributed by atoms with E-state index in [0.717, 1.165) is 0 Å². The molecule has 0 heterocycles. The summed E-state index contributed by atoms with van der Waals surface area (Å²) in [5.41, 5.74) is 1.28. The first kappa shape index (κ1) is 16.9. The SMILES string of the molecule is Oc1ccccc1C=NC=CN=Cc1ccccc1O.[MgH2]. The van der Waals surface area contributed by atoms with Crippen molar-refractivity contribution in [1.29, 1.82) is 0 Å². The minimum Gasteiger partial charge on any atom is -0.507 e. The van der Waals surface area contributed by atoms with Crippen LogP contribution in [0.1, 0.15) is 11.1 Å². The fraction of sp³-hybridized carbons (Fsp3) is 0. The summed E-state index contributed by atoms with van der Waals surface area (Å²) in [5.74, 6) is 0.365. The Morgan fingerprint density at radius 1 is 0.667 bits per heavy atom. The number of hydrogen-bond donors (Lipinski definition) is 2. The number of phenolic OH excluding ortho intramolecular Hbond substituents is 2. The van der Waals surface area contributed by atoms with E-state index in [1.807, 2.05) is 12.1 Å². The molecule has 2 N–H and O–H groups in total. The summed E-state index contributed by atoms with van der Waals surface area (Å²) in [5, 5.41) is 19.0. The van der Waals surface area contributed by atoms with Gasteiger partial charge in [-0.2, -0.15) is 0 Å². The Morgan fingerprint density at radius 2 is 1.05 bits per heavy atom. The van der Waals surface area contributed by atoms with Crippen molar-refractivity contribution in [3.63, 3.8) is 0 Å². The summed E-state index contributed by atoms with van der Waals surface area (Å²) >= 11 is 0. The largest absolute Gasteiger partial charge is 0.507 e. The lowest BCUT2D eigenvalue weighted by molar-refractivity contribution is 0.474. The van der Waals surface area contributed by atoms with Gasteiger partial charge in [-0.25, -0.2) is 0 Å². The monoisotopic (exact) mass is 292 g/mol. The molecule has 104 valence electrons. The van der Waals surface area contributed by atoms with E-state index in [-0.39, 0.29) is 34.6 Å². The second-order valence-corrected chi connectivity index (χ2v) is 3.97. The Bertz CT molecular complexity index is 609. The summed E-state index contributed by atoms with van der Waals surface area (Å²) in [6.45, 7) is 0. The lowest BCUT2D eigenvalue weighted by Crippen LogP contribution is -1.80. The fourth-order valence-electron chi connectivity index (χ4n) is 1.52. The van der Waals surface area contributed by atoms with Gasteiger partial charge in [-0.1, -0.05) is 24.3 Å². The normalized spacial score (nSPS) is 11.2. The zero-order valence-electron chi connectivity index (χ0n) is 10.7. The standard InChI is InChI=1S/C16H14N2O2.Mg.2H/c19-15-7-3-1-5-13(15)11-17-9-10-18-12-14-6-2-4-8-16(14)20;;;/h1-12,19-20H;;;. The van der Waals surface area contributed by atoms with Crippen LogP contribution in [-0.2, 0) is 0 Å². The molecule has 0 atom stereocenters. The quantitative estimate of drug-likeness (QED) is 0.670. The van der Waals surface area contributed by atoms with Crippen molar-refractivity contribution in [1.82, 2.24) is 0 Å².